The van der Waals surface area contributed by atoms with Crippen LogP contribution in [0.15, 0.2) is 36.5 Å². The molecule has 0 spiro atoms. The predicted octanol–water partition coefficient (Wildman–Crippen LogP) is 2.82. The van der Waals surface area contributed by atoms with Crippen molar-refractivity contribution in [3.63, 3.8) is 0 Å². The first-order valence-electron chi connectivity index (χ1n) is 6.18. The summed E-state index contributed by atoms with van der Waals surface area (Å²) in [5.74, 6) is 2.28. The van der Waals surface area contributed by atoms with Gasteiger partial charge in [-0.3, -0.25) is 0 Å². The lowest BCUT2D eigenvalue weighted by Gasteiger charge is -2.06. The molecular formula is C14H13ClN4O. The molecule has 2 heterocycles. The molecule has 0 radical (unpaired) electrons. The summed E-state index contributed by atoms with van der Waals surface area (Å²) >= 11 is 5.58. The third kappa shape index (κ3) is 2.40. The van der Waals surface area contributed by atoms with Gasteiger partial charge in [0.1, 0.15) is 23.8 Å². The molecule has 0 aliphatic rings. The molecule has 0 atom stereocenters. The highest BCUT2D eigenvalue weighted by Crippen LogP contribution is 2.23. The Bertz CT molecular complexity index is 724. The zero-order chi connectivity index (χ0) is 13.9. The van der Waals surface area contributed by atoms with Gasteiger partial charge in [0, 0.05) is 11.8 Å². The van der Waals surface area contributed by atoms with Crippen molar-refractivity contribution in [2.24, 2.45) is 0 Å². The van der Waals surface area contributed by atoms with Crippen LogP contribution in [-0.2, 0) is 0 Å². The molecule has 102 valence electrons. The first-order chi connectivity index (χ1) is 9.78. The fourth-order valence-corrected chi connectivity index (χ4v) is 2.03. The van der Waals surface area contributed by atoms with Crippen molar-refractivity contribution >= 4 is 28.5 Å². The maximum Gasteiger partial charge on any atom is 0.163 e. The summed E-state index contributed by atoms with van der Waals surface area (Å²) in [5, 5.41) is 0.829. The van der Waals surface area contributed by atoms with E-state index in [1.54, 1.807) is 6.20 Å². The van der Waals surface area contributed by atoms with E-state index in [1.165, 1.54) is 0 Å². The summed E-state index contributed by atoms with van der Waals surface area (Å²) in [7, 11) is 0. The van der Waals surface area contributed by atoms with Crippen LogP contribution >= 0.6 is 11.6 Å². The lowest BCUT2D eigenvalue weighted by atomic mass is 10.2. The quantitative estimate of drug-likeness (QED) is 0.724. The van der Waals surface area contributed by atoms with Crippen molar-refractivity contribution in [3.05, 3.63) is 36.5 Å². The van der Waals surface area contributed by atoms with Gasteiger partial charge in [0.05, 0.1) is 11.3 Å². The lowest BCUT2D eigenvalue weighted by Crippen LogP contribution is -1.99. The number of aromatic amines is 1. The molecule has 0 aliphatic heterocycles. The van der Waals surface area contributed by atoms with E-state index in [4.69, 9.17) is 22.1 Å². The average molecular weight is 289 g/mol. The highest BCUT2D eigenvalue weighted by atomic mass is 35.5. The molecule has 0 bridgehead atoms. The Labute approximate surface area is 120 Å². The molecule has 6 heteroatoms. The number of nitrogens with zero attached hydrogens (tertiary/aromatic N) is 2. The summed E-state index contributed by atoms with van der Waals surface area (Å²) in [6.45, 7) is 0.485. The van der Waals surface area contributed by atoms with Gasteiger partial charge in [-0.05, 0) is 30.3 Å². The minimum Gasteiger partial charge on any atom is -0.492 e. The van der Waals surface area contributed by atoms with Crippen LogP contribution < -0.4 is 10.5 Å². The van der Waals surface area contributed by atoms with E-state index >= 15 is 0 Å². The van der Waals surface area contributed by atoms with Crippen LogP contribution in [0.4, 0.5) is 5.82 Å². The van der Waals surface area contributed by atoms with Gasteiger partial charge in [0.25, 0.3) is 0 Å². The number of hydrogen-bond donors (Lipinski definition) is 2. The molecule has 1 aromatic carbocycles. The number of H-pyrrole nitrogens is 1. The molecule has 0 saturated heterocycles. The number of nitrogens with one attached hydrogen (secondary N) is 1. The number of nitrogen functional groups attached to an aromatic ring is 1. The van der Waals surface area contributed by atoms with Gasteiger partial charge in [-0.1, -0.05) is 0 Å². The molecule has 0 amide bonds. The second kappa shape index (κ2) is 5.38. The molecule has 0 saturated carbocycles. The van der Waals surface area contributed by atoms with Crippen LogP contribution in [-0.4, -0.2) is 27.4 Å². The Morgan fingerprint density at radius 3 is 2.70 bits per heavy atom. The number of benzene rings is 1. The van der Waals surface area contributed by atoms with Gasteiger partial charge in [-0.2, -0.15) is 0 Å². The van der Waals surface area contributed by atoms with Crippen LogP contribution in [0.3, 0.4) is 0 Å². The predicted molar refractivity (Wildman–Crippen MR) is 80.0 cm³/mol. The topological polar surface area (TPSA) is 76.8 Å². The van der Waals surface area contributed by atoms with Gasteiger partial charge in [-0.15, -0.1) is 11.6 Å². The summed E-state index contributed by atoms with van der Waals surface area (Å²) in [6, 6.07) is 9.37. The Morgan fingerprint density at radius 1 is 1.15 bits per heavy atom. The van der Waals surface area contributed by atoms with Crippen LogP contribution in [0.1, 0.15) is 0 Å². The number of hydrogen-bond acceptors (Lipinski definition) is 4. The van der Waals surface area contributed by atoms with Crippen molar-refractivity contribution in [1.82, 2.24) is 15.0 Å². The first-order valence-corrected chi connectivity index (χ1v) is 6.71. The van der Waals surface area contributed by atoms with Crippen LogP contribution in [0, 0.1) is 0 Å². The Hall–Kier alpha value is -2.27. The van der Waals surface area contributed by atoms with Crippen molar-refractivity contribution in [3.8, 4) is 17.1 Å². The van der Waals surface area contributed by atoms with Gasteiger partial charge in [0.15, 0.2) is 5.82 Å². The van der Waals surface area contributed by atoms with Crippen molar-refractivity contribution < 1.29 is 4.74 Å². The molecule has 3 aromatic rings. The van der Waals surface area contributed by atoms with Crippen LogP contribution in [0.5, 0.6) is 5.75 Å². The van der Waals surface area contributed by atoms with Crippen LogP contribution in [0.2, 0.25) is 0 Å². The number of aromatic nitrogens is 3. The van der Waals surface area contributed by atoms with Crippen molar-refractivity contribution in [2.45, 2.75) is 0 Å². The van der Waals surface area contributed by atoms with Gasteiger partial charge >= 0.3 is 0 Å². The molecule has 3 N–H and O–H groups in total. The molecule has 2 aromatic heterocycles. The fraction of sp³-hybridized carbons (Fsp3) is 0.143. The van der Waals surface area contributed by atoms with E-state index in [2.05, 4.69) is 15.0 Å². The zero-order valence-corrected chi connectivity index (χ0v) is 11.4. The molecule has 0 unspecified atom stereocenters. The molecular weight excluding hydrogens is 276 g/mol. The van der Waals surface area contributed by atoms with Crippen molar-refractivity contribution in [2.75, 3.05) is 18.2 Å². The fourth-order valence-electron chi connectivity index (χ4n) is 1.95. The third-order valence-electron chi connectivity index (χ3n) is 2.90. The number of fused-ring (bicyclic) bond motifs is 1. The van der Waals surface area contributed by atoms with E-state index in [-0.39, 0.29) is 0 Å². The first kappa shape index (κ1) is 12.7. The van der Waals surface area contributed by atoms with E-state index < -0.39 is 0 Å². The van der Waals surface area contributed by atoms with E-state index in [9.17, 15) is 0 Å². The summed E-state index contributed by atoms with van der Waals surface area (Å²) < 4.78 is 5.42. The third-order valence-corrected chi connectivity index (χ3v) is 3.06. The molecule has 20 heavy (non-hydrogen) atoms. The second-order valence-corrected chi connectivity index (χ2v) is 4.61. The summed E-state index contributed by atoms with van der Waals surface area (Å²) in [4.78, 5) is 11.8. The van der Waals surface area contributed by atoms with Gasteiger partial charge in [0.2, 0.25) is 0 Å². The summed E-state index contributed by atoms with van der Waals surface area (Å²) in [6.07, 6.45) is 1.79. The minimum atomic E-state index is 0.463. The largest absolute Gasteiger partial charge is 0.492 e. The normalized spacial score (nSPS) is 10.8. The average Bonchev–Trinajstić information content (AvgIpc) is 2.94. The summed E-state index contributed by atoms with van der Waals surface area (Å²) in [5.41, 5.74) is 7.54. The Balaban J connectivity index is 1.94. The standard InChI is InChI=1S/C14H13ClN4O/c15-6-8-20-10-3-1-9(2-4-10)13-18-12(16)11-5-7-17-14(11)19-13/h1-5,7H,6,8H2,(H3,16,17,18,19). The number of nitrogens with two attached hydrogens (primary N) is 1. The zero-order valence-electron chi connectivity index (χ0n) is 10.6. The number of halogens is 1. The maximum absolute atomic E-state index is 5.92. The number of rotatable bonds is 4. The van der Waals surface area contributed by atoms with E-state index in [1.807, 2.05) is 30.3 Å². The highest BCUT2D eigenvalue weighted by Gasteiger charge is 2.08. The number of ether oxygens (including phenoxy) is 1. The van der Waals surface area contributed by atoms with Crippen LogP contribution in [0.25, 0.3) is 22.4 Å². The second-order valence-electron chi connectivity index (χ2n) is 4.23. The molecule has 0 fully saturated rings. The Kier molecular flexibility index (Phi) is 3.43. The highest BCUT2D eigenvalue weighted by molar-refractivity contribution is 6.18. The lowest BCUT2D eigenvalue weighted by molar-refractivity contribution is 0.343. The minimum absolute atomic E-state index is 0.463. The smallest absolute Gasteiger partial charge is 0.163 e. The number of anilines is 1. The Morgan fingerprint density at radius 2 is 1.95 bits per heavy atom. The van der Waals surface area contributed by atoms with Gasteiger partial charge < -0.3 is 15.5 Å². The van der Waals surface area contributed by atoms with Gasteiger partial charge in [-0.25, -0.2) is 9.97 Å². The molecule has 3 rings (SSSR count). The maximum atomic E-state index is 5.92. The van der Waals surface area contributed by atoms with E-state index in [0.29, 0.717) is 24.1 Å². The monoisotopic (exact) mass is 288 g/mol. The molecule has 0 aliphatic carbocycles. The number of alkyl halides is 1. The SMILES string of the molecule is Nc1nc(-c2ccc(OCCCl)cc2)nc2[nH]ccc12. The van der Waals surface area contributed by atoms with Crippen molar-refractivity contribution in [1.29, 1.82) is 0 Å². The molecule has 5 nitrogen and oxygen atoms in total. The van der Waals surface area contributed by atoms with E-state index in [0.717, 1.165) is 22.3 Å².